The molecule has 4 heteroatoms. The number of halogens is 2. The summed E-state index contributed by atoms with van der Waals surface area (Å²) in [5, 5.41) is 4.00. The number of hydrogen-bond donors (Lipinski definition) is 1. The Morgan fingerprint density at radius 1 is 1.44 bits per heavy atom. The maximum atomic E-state index is 13.0. The summed E-state index contributed by atoms with van der Waals surface area (Å²) in [4.78, 5) is 0. The van der Waals surface area contributed by atoms with Crippen LogP contribution >= 0.6 is 11.6 Å². The molecule has 0 heterocycles. The molecule has 1 aromatic rings. The van der Waals surface area contributed by atoms with Crippen LogP contribution in [0, 0.1) is 5.82 Å². The van der Waals surface area contributed by atoms with Gasteiger partial charge in [0.1, 0.15) is 5.82 Å². The summed E-state index contributed by atoms with van der Waals surface area (Å²) >= 11 is 6.07. The van der Waals surface area contributed by atoms with Crippen molar-refractivity contribution in [3.8, 4) is 0 Å². The Labute approximate surface area is 112 Å². The maximum Gasteiger partial charge on any atom is 0.124 e. The van der Waals surface area contributed by atoms with Gasteiger partial charge in [-0.1, -0.05) is 17.7 Å². The van der Waals surface area contributed by atoms with E-state index in [4.69, 9.17) is 16.3 Å². The number of rotatable bonds is 4. The van der Waals surface area contributed by atoms with Crippen LogP contribution in [0.25, 0.3) is 0 Å². The molecular weight excluding hydrogens is 253 g/mol. The highest BCUT2D eigenvalue weighted by Gasteiger charge is 2.28. The van der Waals surface area contributed by atoms with E-state index in [2.05, 4.69) is 5.32 Å². The Bertz CT molecular complexity index is 413. The third kappa shape index (κ3) is 3.02. The summed E-state index contributed by atoms with van der Waals surface area (Å²) in [5.41, 5.74) is 0.930. The standard InChI is InChI=1S/C14H19ClFNO/c1-9(11-7-6-10(16)8-12(11)15)17-13-4-3-5-14(13)18-2/h6-9,13-14,17H,3-5H2,1-2H3. The SMILES string of the molecule is COC1CCCC1NC(C)c1ccc(F)cc1Cl. The second-order valence-electron chi connectivity index (χ2n) is 4.87. The number of benzene rings is 1. The summed E-state index contributed by atoms with van der Waals surface area (Å²) < 4.78 is 18.5. The van der Waals surface area contributed by atoms with Crippen LogP contribution in [0.3, 0.4) is 0 Å². The monoisotopic (exact) mass is 271 g/mol. The molecule has 2 rings (SSSR count). The van der Waals surface area contributed by atoms with Crippen LogP contribution < -0.4 is 5.32 Å². The zero-order chi connectivity index (χ0) is 13.1. The zero-order valence-corrected chi connectivity index (χ0v) is 11.5. The summed E-state index contributed by atoms with van der Waals surface area (Å²) in [6.45, 7) is 2.05. The first kappa shape index (κ1) is 13.8. The average Bonchev–Trinajstić information content (AvgIpc) is 2.76. The molecule has 0 saturated heterocycles. The van der Waals surface area contributed by atoms with Crippen LogP contribution in [0.15, 0.2) is 18.2 Å². The second kappa shape index (κ2) is 6.00. The van der Waals surface area contributed by atoms with E-state index in [1.54, 1.807) is 13.2 Å². The van der Waals surface area contributed by atoms with Crippen molar-refractivity contribution < 1.29 is 9.13 Å². The summed E-state index contributed by atoms with van der Waals surface area (Å²) in [5.74, 6) is -0.299. The Kier molecular flexibility index (Phi) is 4.60. The van der Waals surface area contributed by atoms with Crippen molar-refractivity contribution in [2.45, 2.75) is 44.4 Å². The molecule has 1 N–H and O–H groups in total. The molecule has 18 heavy (non-hydrogen) atoms. The minimum atomic E-state index is -0.299. The van der Waals surface area contributed by atoms with Gasteiger partial charge in [-0.25, -0.2) is 4.39 Å². The smallest absolute Gasteiger partial charge is 0.124 e. The van der Waals surface area contributed by atoms with Crippen LogP contribution in [0.4, 0.5) is 4.39 Å². The Hall–Kier alpha value is -0.640. The Morgan fingerprint density at radius 3 is 2.89 bits per heavy atom. The third-order valence-corrected chi connectivity index (χ3v) is 3.98. The predicted molar refractivity (Wildman–Crippen MR) is 71.4 cm³/mol. The highest BCUT2D eigenvalue weighted by Crippen LogP contribution is 2.28. The summed E-state index contributed by atoms with van der Waals surface area (Å²) in [7, 11) is 1.75. The first-order valence-corrected chi connectivity index (χ1v) is 6.73. The van der Waals surface area contributed by atoms with E-state index in [0.717, 1.165) is 18.4 Å². The van der Waals surface area contributed by atoms with E-state index in [0.29, 0.717) is 11.1 Å². The highest BCUT2D eigenvalue weighted by molar-refractivity contribution is 6.31. The van der Waals surface area contributed by atoms with Gasteiger partial charge in [-0.2, -0.15) is 0 Å². The number of methoxy groups -OCH3 is 1. The molecule has 1 saturated carbocycles. The normalized spacial score (nSPS) is 25.3. The van der Waals surface area contributed by atoms with Gasteiger partial charge in [-0.3, -0.25) is 0 Å². The van der Waals surface area contributed by atoms with Gasteiger partial charge >= 0.3 is 0 Å². The quantitative estimate of drug-likeness (QED) is 0.902. The number of ether oxygens (including phenoxy) is 1. The van der Waals surface area contributed by atoms with E-state index in [1.807, 2.05) is 6.92 Å². The van der Waals surface area contributed by atoms with Crippen LogP contribution in [0.1, 0.15) is 37.8 Å². The zero-order valence-electron chi connectivity index (χ0n) is 10.7. The van der Waals surface area contributed by atoms with Gasteiger partial charge in [-0.05, 0) is 43.9 Å². The number of nitrogens with one attached hydrogen (secondary N) is 1. The molecule has 0 spiro atoms. The van der Waals surface area contributed by atoms with E-state index >= 15 is 0 Å². The molecule has 1 aliphatic rings. The van der Waals surface area contributed by atoms with Gasteiger partial charge in [0.25, 0.3) is 0 Å². The lowest BCUT2D eigenvalue weighted by molar-refractivity contribution is 0.0820. The van der Waals surface area contributed by atoms with Gasteiger partial charge < -0.3 is 10.1 Å². The minimum absolute atomic E-state index is 0.0962. The van der Waals surface area contributed by atoms with E-state index in [9.17, 15) is 4.39 Å². The second-order valence-corrected chi connectivity index (χ2v) is 5.27. The molecule has 2 nitrogen and oxygen atoms in total. The molecule has 3 atom stereocenters. The van der Waals surface area contributed by atoms with Crippen molar-refractivity contribution in [2.75, 3.05) is 7.11 Å². The summed E-state index contributed by atoms with van der Waals surface area (Å²) in [6.07, 6.45) is 3.66. The molecule has 0 aromatic heterocycles. The summed E-state index contributed by atoms with van der Waals surface area (Å²) in [6, 6.07) is 5.00. The molecule has 0 aliphatic heterocycles. The van der Waals surface area contributed by atoms with Crippen molar-refractivity contribution in [3.63, 3.8) is 0 Å². The number of hydrogen-bond acceptors (Lipinski definition) is 2. The van der Waals surface area contributed by atoms with Crippen molar-refractivity contribution in [1.29, 1.82) is 0 Å². The molecule has 1 fully saturated rings. The first-order chi connectivity index (χ1) is 8.61. The third-order valence-electron chi connectivity index (χ3n) is 3.65. The topological polar surface area (TPSA) is 21.3 Å². The van der Waals surface area contributed by atoms with E-state index in [1.165, 1.54) is 18.6 Å². The highest BCUT2D eigenvalue weighted by atomic mass is 35.5. The lowest BCUT2D eigenvalue weighted by Crippen LogP contribution is -2.38. The van der Waals surface area contributed by atoms with Crippen molar-refractivity contribution >= 4 is 11.6 Å². The molecule has 1 aromatic carbocycles. The van der Waals surface area contributed by atoms with Crippen LogP contribution in [-0.4, -0.2) is 19.3 Å². The lowest BCUT2D eigenvalue weighted by Gasteiger charge is -2.25. The fourth-order valence-corrected chi connectivity index (χ4v) is 2.99. The van der Waals surface area contributed by atoms with Crippen molar-refractivity contribution in [3.05, 3.63) is 34.6 Å². The van der Waals surface area contributed by atoms with Crippen molar-refractivity contribution in [1.82, 2.24) is 5.32 Å². The fourth-order valence-electron chi connectivity index (χ4n) is 2.66. The molecule has 3 unspecified atom stereocenters. The van der Waals surface area contributed by atoms with E-state index in [-0.39, 0.29) is 18.0 Å². The van der Waals surface area contributed by atoms with Gasteiger partial charge in [0.05, 0.1) is 6.10 Å². The lowest BCUT2D eigenvalue weighted by atomic mass is 10.1. The fraction of sp³-hybridized carbons (Fsp3) is 0.571. The molecule has 0 bridgehead atoms. The molecule has 1 aliphatic carbocycles. The van der Waals surface area contributed by atoms with Crippen LogP contribution in [0.2, 0.25) is 5.02 Å². The molecule has 0 radical (unpaired) electrons. The minimum Gasteiger partial charge on any atom is -0.380 e. The van der Waals surface area contributed by atoms with Crippen molar-refractivity contribution in [2.24, 2.45) is 0 Å². The Balaban J connectivity index is 2.05. The predicted octanol–water partition coefficient (Wildman–Crippen LogP) is 3.70. The Morgan fingerprint density at radius 2 is 2.22 bits per heavy atom. The van der Waals surface area contributed by atoms with Gasteiger partial charge in [0.15, 0.2) is 0 Å². The molecule has 100 valence electrons. The average molecular weight is 272 g/mol. The van der Waals surface area contributed by atoms with Gasteiger partial charge in [-0.15, -0.1) is 0 Å². The van der Waals surface area contributed by atoms with Gasteiger partial charge in [0, 0.05) is 24.2 Å². The van der Waals surface area contributed by atoms with Crippen LogP contribution in [-0.2, 0) is 4.74 Å². The van der Waals surface area contributed by atoms with E-state index < -0.39 is 0 Å². The van der Waals surface area contributed by atoms with Crippen LogP contribution in [0.5, 0.6) is 0 Å². The largest absolute Gasteiger partial charge is 0.380 e. The first-order valence-electron chi connectivity index (χ1n) is 6.35. The maximum absolute atomic E-state index is 13.0. The molecule has 0 amide bonds. The molecular formula is C14H19ClFNO. The van der Waals surface area contributed by atoms with Gasteiger partial charge in [0.2, 0.25) is 0 Å².